The second-order valence-corrected chi connectivity index (χ2v) is 6.84. The Labute approximate surface area is 136 Å². The molecule has 1 aliphatic heterocycles. The van der Waals surface area contributed by atoms with Gasteiger partial charge in [0.25, 0.3) is 0 Å². The molecule has 2 rings (SSSR count). The number of carbonyl (C=O) groups excluding carboxylic acids is 2. The fraction of sp³-hybridized carbons (Fsp3) is 0.688. The number of aryl methyl sites for hydroxylation is 1. The molecule has 1 saturated heterocycles. The summed E-state index contributed by atoms with van der Waals surface area (Å²) in [4.78, 5) is 31.1. The van der Waals surface area contributed by atoms with E-state index in [1.807, 2.05) is 26.2 Å². The quantitative estimate of drug-likeness (QED) is 0.875. The Bertz CT molecular complexity index is 525. The van der Waals surface area contributed by atoms with Crippen LogP contribution in [-0.4, -0.2) is 34.3 Å². The molecule has 0 aliphatic carbocycles. The zero-order valence-corrected chi connectivity index (χ0v) is 14.4. The van der Waals surface area contributed by atoms with Crippen LogP contribution in [0.1, 0.15) is 50.2 Å². The number of aromatic nitrogens is 1. The number of nitrogens with zero attached hydrogens (tertiary/aromatic N) is 2. The van der Waals surface area contributed by atoms with Crippen molar-refractivity contribution in [1.29, 1.82) is 0 Å². The van der Waals surface area contributed by atoms with Gasteiger partial charge in [-0.25, -0.2) is 4.98 Å². The van der Waals surface area contributed by atoms with Crippen LogP contribution in [0.25, 0.3) is 0 Å². The molecule has 1 N–H and O–H groups in total. The number of hydrogen-bond acceptors (Lipinski definition) is 4. The second-order valence-electron chi connectivity index (χ2n) is 5.78. The molecule has 1 aromatic rings. The summed E-state index contributed by atoms with van der Waals surface area (Å²) in [7, 11) is 0. The van der Waals surface area contributed by atoms with Crippen molar-refractivity contribution in [3.63, 3.8) is 0 Å². The predicted molar refractivity (Wildman–Crippen MR) is 87.5 cm³/mol. The molecule has 0 radical (unpaired) electrons. The van der Waals surface area contributed by atoms with Gasteiger partial charge in [0.2, 0.25) is 11.8 Å². The van der Waals surface area contributed by atoms with Gasteiger partial charge in [0.1, 0.15) is 6.04 Å². The number of amides is 2. The molecule has 1 fully saturated rings. The molecule has 6 heteroatoms. The largest absolute Gasteiger partial charge is 0.349 e. The zero-order chi connectivity index (χ0) is 16.1. The van der Waals surface area contributed by atoms with Crippen LogP contribution >= 0.6 is 11.3 Å². The van der Waals surface area contributed by atoms with Gasteiger partial charge < -0.3 is 10.2 Å². The molecular weight excluding hydrogens is 298 g/mol. The van der Waals surface area contributed by atoms with Crippen LogP contribution in [0.4, 0.5) is 0 Å². The normalized spacial score (nSPS) is 18.0. The van der Waals surface area contributed by atoms with Crippen molar-refractivity contribution in [2.75, 3.05) is 6.54 Å². The lowest BCUT2D eigenvalue weighted by atomic mass is 10.0. The summed E-state index contributed by atoms with van der Waals surface area (Å²) < 4.78 is 0. The van der Waals surface area contributed by atoms with Crippen molar-refractivity contribution in [2.24, 2.45) is 5.92 Å². The van der Waals surface area contributed by atoms with E-state index in [1.165, 1.54) is 0 Å². The Morgan fingerprint density at radius 2 is 2.18 bits per heavy atom. The third-order valence-corrected chi connectivity index (χ3v) is 5.11. The summed E-state index contributed by atoms with van der Waals surface area (Å²) in [6.07, 6.45) is 3.32. The molecule has 1 atom stereocenters. The SMILES string of the molecule is CCC(CC)C(=O)N1CCC[C@@H]1C(=O)NCc1csc(C)n1. The Morgan fingerprint density at radius 1 is 1.45 bits per heavy atom. The average Bonchev–Trinajstić information content (AvgIpc) is 3.14. The van der Waals surface area contributed by atoms with Crippen LogP contribution in [0.5, 0.6) is 0 Å². The molecule has 0 aromatic carbocycles. The molecule has 2 heterocycles. The number of thiazole rings is 1. The summed E-state index contributed by atoms with van der Waals surface area (Å²) in [6, 6.07) is -0.312. The topological polar surface area (TPSA) is 62.3 Å². The molecule has 0 spiro atoms. The van der Waals surface area contributed by atoms with Crippen molar-refractivity contribution in [3.05, 3.63) is 16.1 Å². The van der Waals surface area contributed by atoms with E-state index in [0.717, 1.165) is 36.4 Å². The van der Waals surface area contributed by atoms with Gasteiger partial charge in [0.05, 0.1) is 17.2 Å². The number of hydrogen-bond donors (Lipinski definition) is 1. The van der Waals surface area contributed by atoms with E-state index >= 15 is 0 Å². The lowest BCUT2D eigenvalue weighted by Crippen LogP contribution is -2.47. The van der Waals surface area contributed by atoms with Crippen LogP contribution in [0.15, 0.2) is 5.38 Å². The van der Waals surface area contributed by atoms with E-state index in [9.17, 15) is 9.59 Å². The minimum Gasteiger partial charge on any atom is -0.349 e. The number of rotatable bonds is 6. The minimum atomic E-state index is -0.312. The maximum absolute atomic E-state index is 12.5. The molecule has 22 heavy (non-hydrogen) atoms. The van der Waals surface area contributed by atoms with Gasteiger partial charge in [-0.3, -0.25) is 9.59 Å². The second kappa shape index (κ2) is 7.72. The Morgan fingerprint density at radius 3 is 2.77 bits per heavy atom. The first-order valence-corrected chi connectivity index (χ1v) is 8.94. The van der Waals surface area contributed by atoms with Gasteiger partial charge >= 0.3 is 0 Å². The van der Waals surface area contributed by atoms with Crippen molar-refractivity contribution < 1.29 is 9.59 Å². The first-order chi connectivity index (χ1) is 10.6. The molecule has 0 saturated carbocycles. The molecule has 5 nitrogen and oxygen atoms in total. The van der Waals surface area contributed by atoms with Crippen LogP contribution in [0.3, 0.4) is 0 Å². The number of nitrogens with one attached hydrogen (secondary N) is 1. The summed E-state index contributed by atoms with van der Waals surface area (Å²) in [5.41, 5.74) is 0.881. The number of carbonyl (C=O) groups is 2. The molecule has 2 amide bonds. The highest BCUT2D eigenvalue weighted by molar-refractivity contribution is 7.09. The van der Waals surface area contributed by atoms with Crippen molar-refractivity contribution in [3.8, 4) is 0 Å². The molecule has 1 aliphatic rings. The van der Waals surface area contributed by atoms with Crippen LogP contribution < -0.4 is 5.32 Å². The zero-order valence-electron chi connectivity index (χ0n) is 13.6. The van der Waals surface area contributed by atoms with Gasteiger partial charge in [0.15, 0.2) is 0 Å². The molecular formula is C16H25N3O2S. The Kier molecular flexibility index (Phi) is 5.94. The van der Waals surface area contributed by atoms with Gasteiger partial charge in [-0.15, -0.1) is 11.3 Å². The van der Waals surface area contributed by atoms with Gasteiger partial charge in [-0.2, -0.15) is 0 Å². The van der Waals surface area contributed by atoms with Crippen molar-refractivity contribution in [2.45, 2.75) is 59.0 Å². The van der Waals surface area contributed by atoms with E-state index in [1.54, 1.807) is 16.2 Å². The summed E-state index contributed by atoms with van der Waals surface area (Å²) in [5.74, 6) is 0.115. The summed E-state index contributed by atoms with van der Waals surface area (Å²) in [5, 5.41) is 5.88. The highest BCUT2D eigenvalue weighted by Gasteiger charge is 2.35. The van der Waals surface area contributed by atoms with Gasteiger partial charge in [-0.1, -0.05) is 13.8 Å². The molecule has 0 bridgehead atoms. The maximum atomic E-state index is 12.5. The lowest BCUT2D eigenvalue weighted by molar-refractivity contribution is -0.141. The standard InChI is InChI=1S/C16H25N3O2S/c1-4-12(5-2)16(21)19-8-6-7-14(19)15(20)17-9-13-10-22-11(3)18-13/h10,12,14H,4-9H2,1-3H3,(H,17,20)/t14-/m1/s1. The summed E-state index contributed by atoms with van der Waals surface area (Å²) >= 11 is 1.58. The fourth-order valence-electron chi connectivity index (χ4n) is 2.96. The first-order valence-electron chi connectivity index (χ1n) is 8.06. The third kappa shape index (κ3) is 3.85. The van der Waals surface area contributed by atoms with Crippen LogP contribution in [0, 0.1) is 12.8 Å². The number of likely N-dealkylation sites (tertiary alicyclic amines) is 1. The highest BCUT2D eigenvalue weighted by atomic mass is 32.1. The van der Waals surface area contributed by atoms with E-state index in [0.29, 0.717) is 13.1 Å². The fourth-order valence-corrected chi connectivity index (χ4v) is 3.57. The Hall–Kier alpha value is -1.43. The monoisotopic (exact) mass is 323 g/mol. The van der Waals surface area contributed by atoms with E-state index in [2.05, 4.69) is 10.3 Å². The maximum Gasteiger partial charge on any atom is 0.243 e. The molecule has 0 unspecified atom stereocenters. The smallest absolute Gasteiger partial charge is 0.243 e. The van der Waals surface area contributed by atoms with Gasteiger partial charge in [-0.05, 0) is 32.6 Å². The van der Waals surface area contributed by atoms with E-state index in [4.69, 9.17) is 0 Å². The highest BCUT2D eigenvalue weighted by Crippen LogP contribution is 2.22. The van der Waals surface area contributed by atoms with Crippen molar-refractivity contribution in [1.82, 2.24) is 15.2 Å². The minimum absolute atomic E-state index is 0.0367. The molecule has 122 valence electrons. The van der Waals surface area contributed by atoms with E-state index in [-0.39, 0.29) is 23.8 Å². The van der Waals surface area contributed by atoms with Gasteiger partial charge in [0, 0.05) is 17.8 Å². The van der Waals surface area contributed by atoms with Crippen LogP contribution in [-0.2, 0) is 16.1 Å². The summed E-state index contributed by atoms with van der Waals surface area (Å²) in [6.45, 7) is 7.14. The average molecular weight is 323 g/mol. The van der Waals surface area contributed by atoms with Crippen LogP contribution in [0.2, 0.25) is 0 Å². The third-order valence-electron chi connectivity index (χ3n) is 4.28. The molecule has 1 aromatic heterocycles. The predicted octanol–water partition coefficient (Wildman–Crippen LogP) is 2.49. The Balaban J connectivity index is 1.94. The first kappa shape index (κ1) is 16.9. The lowest BCUT2D eigenvalue weighted by Gasteiger charge is -2.27. The van der Waals surface area contributed by atoms with E-state index < -0.39 is 0 Å². The van der Waals surface area contributed by atoms with Crippen molar-refractivity contribution >= 4 is 23.2 Å².